The molecule has 0 rings (SSSR count). The minimum absolute atomic E-state index is 0.00175. The first-order chi connectivity index (χ1) is 5.07. The second kappa shape index (κ2) is 4.61. The van der Waals surface area contributed by atoms with Gasteiger partial charge in [0.05, 0.1) is 5.71 Å². The predicted octanol–water partition coefficient (Wildman–Crippen LogP) is 2.13. The van der Waals surface area contributed by atoms with E-state index < -0.39 is 0 Å². The summed E-state index contributed by atoms with van der Waals surface area (Å²) < 4.78 is 0. The van der Waals surface area contributed by atoms with Crippen LogP contribution < -0.4 is 0 Å². The van der Waals surface area contributed by atoms with Gasteiger partial charge in [-0.15, -0.1) is 0 Å². The number of ketones is 1. The summed E-state index contributed by atoms with van der Waals surface area (Å²) >= 11 is 0. The van der Waals surface area contributed by atoms with Gasteiger partial charge in [-0.1, -0.05) is 12.7 Å². The first-order valence-electron chi connectivity index (χ1n) is 3.42. The number of Topliss-reactive ketones (excluding diaryl/α,β-unsaturated/α-hetero) is 1. The van der Waals surface area contributed by atoms with Crippen LogP contribution in [0.3, 0.4) is 0 Å². The zero-order valence-corrected chi connectivity index (χ0v) is 7.22. The van der Waals surface area contributed by atoms with Gasteiger partial charge in [0.25, 0.3) is 0 Å². The SMILES string of the molecule is C=C/C(C)=C\N=C(C)C(C)=O. The molecule has 0 aromatic rings. The van der Waals surface area contributed by atoms with Crippen LogP contribution in [0.2, 0.25) is 0 Å². The zero-order valence-electron chi connectivity index (χ0n) is 7.22. The molecule has 0 aliphatic carbocycles. The van der Waals surface area contributed by atoms with E-state index >= 15 is 0 Å². The summed E-state index contributed by atoms with van der Waals surface area (Å²) in [5, 5.41) is 0. The molecule has 0 unspecified atom stereocenters. The van der Waals surface area contributed by atoms with E-state index in [1.165, 1.54) is 6.92 Å². The number of carbonyl (C=O) groups is 1. The van der Waals surface area contributed by atoms with Gasteiger partial charge in [0, 0.05) is 13.1 Å². The van der Waals surface area contributed by atoms with Crippen LogP contribution in [0.5, 0.6) is 0 Å². The van der Waals surface area contributed by atoms with Gasteiger partial charge in [-0.3, -0.25) is 9.79 Å². The van der Waals surface area contributed by atoms with E-state index in [0.29, 0.717) is 5.71 Å². The van der Waals surface area contributed by atoms with Crippen LogP contribution >= 0.6 is 0 Å². The molecule has 0 N–H and O–H groups in total. The molecule has 0 bridgehead atoms. The summed E-state index contributed by atoms with van der Waals surface area (Å²) in [4.78, 5) is 14.6. The van der Waals surface area contributed by atoms with E-state index in [9.17, 15) is 4.79 Å². The Kier molecular flexibility index (Phi) is 4.11. The van der Waals surface area contributed by atoms with Crippen molar-refractivity contribution in [1.29, 1.82) is 0 Å². The molecular formula is C9H13NO. The first-order valence-corrected chi connectivity index (χ1v) is 3.42. The normalized spacial score (nSPS) is 13.0. The van der Waals surface area contributed by atoms with Crippen molar-refractivity contribution in [2.75, 3.05) is 0 Å². The third-order valence-corrected chi connectivity index (χ3v) is 1.29. The zero-order chi connectivity index (χ0) is 8.85. The molecule has 0 aromatic carbocycles. The van der Waals surface area contributed by atoms with E-state index in [0.717, 1.165) is 5.57 Å². The summed E-state index contributed by atoms with van der Waals surface area (Å²) in [6, 6.07) is 0. The van der Waals surface area contributed by atoms with Gasteiger partial charge >= 0.3 is 0 Å². The van der Waals surface area contributed by atoms with Gasteiger partial charge in [0.15, 0.2) is 5.78 Å². The van der Waals surface area contributed by atoms with Crippen LogP contribution in [-0.4, -0.2) is 11.5 Å². The third-order valence-electron chi connectivity index (χ3n) is 1.29. The van der Waals surface area contributed by atoms with Gasteiger partial charge < -0.3 is 0 Å². The molecule has 0 aliphatic heterocycles. The van der Waals surface area contributed by atoms with Gasteiger partial charge in [-0.25, -0.2) is 0 Å². The average Bonchev–Trinajstić information content (AvgIpc) is 1.99. The van der Waals surface area contributed by atoms with E-state index in [1.807, 2.05) is 6.92 Å². The van der Waals surface area contributed by atoms with Crippen LogP contribution in [0.15, 0.2) is 29.4 Å². The van der Waals surface area contributed by atoms with Crippen molar-refractivity contribution in [3.05, 3.63) is 24.4 Å². The highest BCUT2D eigenvalue weighted by atomic mass is 16.1. The van der Waals surface area contributed by atoms with E-state index in [-0.39, 0.29) is 5.78 Å². The lowest BCUT2D eigenvalue weighted by molar-refractivity contribution is -0.111. The Morgan fingerprint density at radius 2 is 1.91 bits per heavy atom. The van der Waals surface area contributed by atoms with Gasteiger partial charge in [0.1, 0.15) is 0 Å². The smallest absolute Gasteiger partial charge is 0.173 e. The number of rotatable bonds is 3. The van der Waals surface area contributed by atoms with Crippen LogP contribution in [-0.2, 0) is 4.79 Å². The molecule has 0 atom stereocenters. The highest BCUT2D eigenvalue weighted by molar-refractivity contribution is 6.38. The minimum Gasteiger partial charge on any atom is -0.293 e. The van der Waals surface area contributed by atoms with Crippen molar-refractivity contribution < 1.29 is 4.79 Å². The van der Waals surface area contributed by atoms with Crippen molar-refractivity contribution in [3.8, 4) is 0 Å². The van der Waals surface area contributed by atoms with Gasteiger partial charge in [-0.2, -0.15) is 0 Å². The van der Waals surface area contributed by atoms with E-state index in [4.69, 9.17) is 0 Å². The molecule has 0 spiro atoms. The third kappa shape index (κ3) is 4.25. The number of hydrogen-bond donors (Lipinski definition) is 0. The lowest BCUT2D eigenvalue weighted by atomic mass is 10.3. The minimum atomic E-state index is -0.00175. The monoisotopic (exact) mass is 151 g/mol. The van der Waals surface area contributed by atoms with Crippen LogP contribution in [0, 0.1) is 0 Å². The van der Waals surface area contributed by atoms with E-state index in [1.54, 1.807) is 19.2 Å². The first kappa shape index (κ1) is 9.82. The fourth-order valence-corrected chi connectivity index (χ4v) is 0.342. The maximum absolute atomic E-state index is 10.7. The van der Waals surface area contributed by atoms with Crippen molar-refractivity contribution in [2.24, 2.45) is 4.99 Å². The highest BCUT2D eigenvalue weighted by Gasteiger charge is 1.93. The molecule has 0 amide bonds. The molecule has 2 nitrogen and oxygen atoms in total. The number of carbonyl (C=O) groups excluding carboxylic acids is 1. The number of hydrogen-bond acceptors (Lipinski definition) is 2. The quantitative estimate of drug-likeness (QED) is 0.448. The van der Waals surface area contributed by atoms with Crippen molar-refractivity contribution in [3.63, 3.8) is 0 Å². The number of aliphatic imine (C=N–C) groups is 1. The summed E-state index contributed by atoms with van der Waals surface area (Å²) in [5.74, 6) is -0.00175. The van der Waals surface area contributed by atoms with Gasteiger partial charge in [-0.05, 0) is 19.4 Å². The second-order valence-corrected chi connectivity index (χ2v) is 2.35. The highest BCUT2D eigenvalue weighted by Crippen LogP contribution is 1.93. The standard InChI is InChI=1S/C9H13NO/c1-5-7(2)6-10-8(3)9(4)11/h5-6H,1H2,2-4H3/b7-6-,10-8?. The Bertz CT molecular complexity index is 224. The molecule has 0 radical (unpaired) electrons. The largest absolute Gasteiger partial charge is 0.293 e. The molecule has 0 heterocycles. The summed E-state index contributed by atoms with van der Waals surface area (Å²) in [6.07, 6.45) is 3.32. The topological polar surface area (TPSA) is 29.4 Å². The second-order valence-electron chi connectivity index (χ2n) is 2.35. The Morgan fingerprint density at radius 1 is 1.36 bits per heavy atom. The van der Waals surface area contributed by atoms with Crippen molar-refractivity contribution >= 4 is 11.5 Å². The van der Waals surface area contributed by atoms with Crippen molar-refractivity contribution in [1.82, 2.24) is 0 Å². The van der Waals surface area contributed by atoms with Crippen LogP contribution in [0.4, 0.5) is 0 Å². The Balaban J connectivity index is 4.34. The molecule has 0 aliphatic rings. The number of nitrogens with zero attached hydrogens (tertiary/aromatic N) is 1. The van der Waals surface area contributed by atoms with Crippen molar-refractivity contribution in [2.45, 2.75) is 20.8 Å². The fourth-order valence-electron chi connectivity index (χ4n) is 0.342. The molecular weight excluding hydrogens is 138 g/mol. The Labute approximate surface area is 67.3 Å². The van der Waals surface area contributed by atoms with Crippen LogP contribution in [0.1, 0.15) is 20.8 Å². The molecule has 0 aromatic heterocycles. The average molecular weight is 151 g/mol. The Hall–Kier alpha value is -1.18. The lowest BCUT2D eigenvalue weighted by Gasteiger charge is -1.89. The van der Waals surface area contributed by atoms with Crippen LogP contribution in [0.25, 0.3) is 0 Å². The molecule has 0 fully saturated rings. The predicted molar refractivity (Wildman–Crippen MR) is 47.7 cm³/mol. The molecule has 60 valence electrons. The summed E-state index contributed by atoms with van der Waals surface area (Å²) in [5.41, 5.74) is 1.47. The Morgan fingerprint density at radius 3 is 2.27 bits per heavy atom. The lowest BCUT2D eigenvalue weighted by Crippen LogP contribution is -2.02. The fraction of sp³-hybridized carbons (Fsp3) is 0.333. The number of allylic oxidation sites excluding steroid dienone is 2. The molecule has 11 heavy (non-hydrogen) atoms. The maximum atomic E-state index is 10.7. The molecule has 0 saturated heterocycles. The summed E-state index contributed by atoms with van der Waals surface area (Å²) in [7, 11) is 0. The maximum Gasteiger partial charge on any atom is 0.173 e. The molecule has 2 heteroatoms. The van der Waals surface area contributed by atoms with Gasteiger partial charge in [0.2, 0.25) is 0 Å². The van der Waals surface area contributed by atoms with E-state index in [2.05, 4.69) is 11.6 Å². The molecule has 0 saturated carbocycles. The summed E-state index contributed by atoms with van der Waals surface area (Å²) in [6.45, 7) is 8.63.